The first kappa shape index (κ1) is 15.7. The van der Waals surface area contributed by atoms with Crippen molar-refractivity contribution < 1.29 is 0 Å². The zero-order chi connectivity index (χ0) is 15.5. The van der Waals surface area contributed by atoms with Crippen molar-refractivity contribution in [2.45, 2.75) is 39.7 Å². The minimum atomic E-state index is -0.135. The molecule has 112 valence electrons. The van der Waals surface area contributed by atoms with Gasteiger partial charge < -0.3 is 4.90 Å². The first-order valence-electron chi connectivity index (χ1n) is 7.10. The first-order chi connectivity index (χ1) is 9.90. The van der Waals surface area contributed by atoms with Crippen LogP contribution in [0.25, 0.3) is 0 Å². The SMILES string of the molecule is CCN(Cc1ccccn1)c1cc(Cl)nc(C(C)(C)C)n1. The molecular weight excluding hydrogens is 284 g/mol. The van der Waals surface area contributed by atoms with Gasteiger partial charge in [0.1, 0.15) is 16.8 Å². The van der Waals surface area contributed by atoms with Crippen LogP contribution in [0.1, 0.15) is 39.2 Å². The van der Waals surface area contributed by atoms with Crippen LogP contribution in [0.2, 0.25) is 5.15 Å². The molecule has 2 heterocycles. The Morgan fingerprint density at radius 3 is 2.52 bits per heavy atom. The van der Waals surface area contributed by atoms with E-state index in [1.54, 1.807) is 6.20 Å². The molecule has 0 amide bonds. The molecule has 0 fully saturated rings. The molecule has 4 nitrogen and oxygen atoms in total. The fraction of sp³-hybridized carbons (Fsp3) is 0.438. The predicted molar refractivity (Wildman–Crippen MR) is 86.7 cm³/mol. The average molecular weight is 305 g/mol. The third-order valence-corrected chi connectivity index (χ3v) is 3.33. The molecule has 2 aromatic heterocycles. The van der Waals surface area contributed by atoms with E-state index in [2.05, 4.69) is 47.5 Å². The number of hydrogen-bond donors (Lipinski definition) is 0. The molecular formula is C16H21ClN4. The number of nitrogens with zero attached hydrogens (tertiary/aromatic N) is 4. The van der Waals surface area contributed by atoms with Crippen molar-refractivity contribution in [3.05, 3.63) is 47.1 Å². The minimum absolute atomic E-state index is 0.135. The fourth-order valence-electron chi connectivity index (χ4n) is 1.95. The van der Waals surface area contributed by atoms with Crippen molar-refractivity contribution in [2.24, 2.45) is 0 Å². The summed E-state index contributed by atoms with van der Waals surface area (Å²) in [7, 11) is 0. The van der Waals surface area contributed by atoms with Gasteiger partial charge >= 0.3 is 0 Å². The van der Waals surface area contributed by atoms with Crippen LogP contribution >= 0.6 is 11.6 Å². The molecule has 5 heteroatoms. The van der Waals surface area contributed by atoms with Crippen LogP contribution in [0.3, 0.4) is 0 Å². The lowest BCUT2D eigenvalue weighted by atomic mass is 9.96. The molecule has 0 spiro atoms. The van der Waals surface area contributed by atoms with Crippen molar-refractivity contribution in [3.63, 3.8) is 0 Å². The van der Waals surface area contributed by atoms with Gasteiger partial charge in [-0.2, -0.15) is 0 Å². The minimum Gasteiger partial charge on any atom is -0.351 e. The number of anilines is 1. The summed E-state index contributed by atoms with van der Waals surface area (Å²) in [5.41, 5.74) is 0.871. The number of pyridine rings is 1. The van der Waals surface area contributed by atoms with E-state index in [0.717, 1.165) is 23.9 Å². The van der Waals surface area contributed by atoms with Crippen molar-refractivity contribution in [2.75, 3.05) is 11.4 Å². The topological polar surface area (TPSA) is 41.9 Å². The lowest BCUT2D eigenvalue weighted by Crippen LogP contribution is -2.26. The molecule has 0 aliphatic carbocycles. The van der Waals surface area contributed by atoms with Gasteiger partial charge in [-0.25, -0.2) is 9.97 Å². The van der Waals surface area contributed by atoms with Crippen LogP contribution < -0.4 is 4.90 Å². The Balaban J connectivity index is 2.32. The smallest absolute Gasteiger partial charge is 0.137 e. The molecule has 2 aromatic rings. The Morgan fingerprint density at radius 1 is 1.19 bits per heavy atom. The van der Waals surface area contributed by atoms with Crippen molar-refractivity contribution in [3.8, 4) is 0 Å². The third-order valence-electron chi connectivity index (χ3n) is 3.14. The average Bonchev–Trinajstić information content (AvgIpc) is 2.44. The van der Waals surface area contributed by atoms with Crippen molar-refractivity contribution >= 4 is 17.4 Å². The Labute approximate surface area is 131 Å². The van der Waals surface area contributed by atoms with Crippen LogP contribution in [0, 0.1) is 0 Å². The molecule has 0 aliphatic heterocycles. The summed E-state index contributed by atoms with van der Waals surface area (Å²) in [5.74, 6) is 1.59. The zero-order valence-electron chi connectivity index (χ0n) is 13.0. The zero-order valence-corrected chi connectivity index (χ0v) is 13.7. The third kappa shape index (κ3) is 4.14. The van der Waals surface area contributed by atoms with Crippen LogP contribution in [-0.2, 0) is 12.0 Å². The lowest BCUT2D eigenvalue weighted by Gasteiger charge is -2.24. The summed E-state index contributed by atoms with van der Waals surface area (Å²) in [5, 5.41) is 0.476. The predicted octanol–water partition coefficient (Wildman–Crippen LogP) is 3.85. The van der Waals surface area contributed by atoms with Crippen LogP contribution in [0.5, 0.6) is 0 Å². The molecule has 0 unspecified atom stereocenters. The Bertz CT molecular complexity index is 593. The fourth-order valence-corrected chi connectivity index (χ4v) is 2.12. The van der Waals surface area contributed by atoms with E-state index in [1.165, 1.54) is 0 Å². The Hall–Kier alpha value is -1.68. The second kappa shape index (κ2) is 6.39. The maximum Gasteiger partial charge on any atom is 0.137 e. The van der Waals surface area contributed by atoms with E-state index >= 15 is 0 Å². The maximum absolute atomic E-state index is 6.17. The van der Waals surface area contributed by atoms with Gasteiger partial charge in [-0.1, -0.05) is 38.4 Å². The normalized spacial score (nSPS) is 11.5. The van der Waals surface area contributed by atoms with Gasteiger partial charge in [0.25, 0.3) is 0 Å². The largest absolute Gasteiger partial charge is 0.351 e. The number of hydrogen-bond acceptors (Lipinski definition) is 4. The van der Waals surface area contributed by atoms with Gasteiger partial charge in [0.05, 0.1) is 12.2 Å². The summed E-state index contributed by atoms with van der Waals surface area (Å²) >= 11 is 6.17. The van der Waals surface area contributed by atoms with E-state index in [4.69, 9.17) is 11.6 Å². The summed E-state index contributed by atoms with van der Waals surface area (Å²) in [6.07, 6.45) is 1.80. The maximum atomic E-state index is 6.17. The van der Waals surface area contributed by atoms with Crippen LogP contribution in [-0.4, -0.2) is 21.5 Å². The number of halogens is 1. The summed E-state index contributed by atoms with van der Waals surface area (Å²) < 4.78 is 0. The molecule has 21 heavy (non-hydrogen) atoms. The van der Waals surface area contributed by atoms with E-state index in [0.29, 0.717) is 11.7 Å². The van der Waals surface area contributed by atoms with Crippen LogP contribution in [0.4, 0.5) is 5.82 Å². The highest BCUT2D eigenvalue weighted by Crippen LogP contribution is 2.24. The summed E-state index contributed by atoms with van der Waals surface area (Å²) in [6, 6.07) is 7.72. The molecule has 0 atom stereocenters. The Kier molecular flexibility index (Phi) is 4.78. The van der Waals surface area contributed by atoms with E-state index < -0.39 is 0 Å². The van der Waals surface area contributed by atoms with Gasteiger partial charge in [0.15, 0.2) is 0 Å². The number of rotatable bonds is 4. The highest BCUT2D eigenvalue weighted by molar-refractivity contribution is 6.29. The first-order valence-corrected chi connectivity index (χ1v) is 7.48. The molecule has 0 N–H and O–H groups in total. The quantitative estimate of drug-likeness (QED) is 0.805. The molecule has 0 bridgehead atoms. The highest BCUT2D eigenvalue weighted by atomic mass is 35.5. The molecule has 0 saturated carbocycles. The van der Waals surface area contributed by atoms with Gasteiger partial charge in [-0.3, -0.25) is 4.98 Å². The van der Waals surface area contributed by atoms with E-state index in [-0.39, 0.29) is 5.41 Å². The summed E-state index contributed by atoms with van der Waals surface area (Å²) in [4.78, 5) is 15.5. The summed E-state index contributed by atoms with van der Waals surface area (Å²) in [6.45, 7) is 9.86. The molecule has 0 aliphatic rings. The second-order valence-electron chi connectivity index (χ2n) is 5.96. The van der Waals surface area contributed by atoms with Gasteiger partial charge in [-0.15, -0.1) is 0 Å². The standard InChI is InChI=1S/C16H21ClN4/c1-5-21(11-12-8-6-7-9-18-12)14-10-13(17)19-15(20-14)16(2,3)4/h6-10H,5,11H2,1-4H3. The highest BCUT2D eigenvalue weighted by Gasteiger charge is 2.20. The van der Waals surface area contributed by atoms with Gasteiger partial charge in [-0.05, 0) is 19.1 Å². The van der Waals surface area contributed by atoms with Crippen LogP contribution in [0.15, 0.2) is 30.5 Å². The molecule has 0 saturated heterocycles. The van der Waals surface area contributed by atoms with E-state index in [1.807, 2.05) is 24.3 Å². The van der Waals surface area contributed by atoms with Crippen molar-refractivity contribution in [1.82, 2.24) is 15.0 Å². The van der Waals surface area contributed by atoms with E-state index in [9.17, 15) is 0 Å². The van der Waals surface area contributed by atoms with Crippen molar-refractivity contribution in [1.29, 1.82) is 0 Å². The lowest BCUT2D eigenvalue weighted by molar-refractivity contribution is 0.543. The molecule has 2 rings (SSSR count). The Morgan fingerprint density at radius 2 is 1.95 bits per heavy atom. The molecule has 0 radical (unpaired) electrons. The monoisotopic (exact) mass is 304 g/mol. The second-order valence-corrected chi connectivity index (χ2v) is 6.34. The van der Waals surface area contributed by atoms with Gasteiger partial charge in [0, 0.05) is 24.2 Å². The molecule has 0 aromatic carbocycles. The van der Waals surface area contributed by atoms with Gasteiger partial charge in [0.2, 0.25) is 0 Å². The number of aromatic nitrogens is 3.